The molecule has 0 saturated carbocycles. The van der Waals surface area contributed by atoms with Gasteiger partial charge in [-0.2, -0.15) is 0 Å². The van der Waals surface area contributed by atoms with Gasteiger partial charge in [-0.15, -0.1) is 0 Å². The van der Waals surface area contributed by atoms with Crippen LogP contribution in [0.4, 0.5) is 0 Å². The third kappa shape index (κ3) is 8.62. The van der Waals surface area contributed by atoms with Gasteiger partial charge in [0.2, 0.25) is 17.7 Å². The quantitative estimate of drug-likeness (QED) is 0.186. The normalized spacial score (nSPS) is 18.2. The molecule has 1 aliphatic rings. The van der Waals surface area contributed by atoms with Crippen molar-refractivity contribution < 1.29 is 24.3 Å². The van der Waals surface area contributed by atoms with Crippen LogP contribution in [-0.2, 0) is 25.6 Å². The number of likely N-dealkylation sites (tertiary alicyclic amines) is 1. The van der Waals surface area contributed by atoms with E-state index in [0.717, 1.165) is 0 Å². The minimum atomic E-state index is -1.13. The van der Waals surface area contributed by atoms with Gasteiger partial charge in [-0.3, -0.25) is 14.4 Å². The zero-order chi connectivity index (χ0) is 26.0. The number of aliphatic carboxylic acids is 1. The van der Waals surface area contributed by atoms with Crippen LogP contribution in [-0.4, -0.2) is 80.9 Å². The lowest BCUT2D eigenvalue weighted by Crippen LogP contribution is -2.57. The van der Waals surface area contributed by atoms with Crippen molar-refractivity contribution in [2.45, 2.75) is 83.0 Å². The SMILES string of the molecule is CC(C)CC(N)C(=O)NC(Cc1cnc[nH]1)C(=O)N1CCCC1C(=O)NC(CCCCN)C(=O)O. The van der Waals surface area contributed by atoms with Crippen molar-refractivity contribution in [3.05, 3.63) is 18.2 Å². The van der Waals surface area contributed by atoms with Crippen LogP contribution >= 0.6 is 0 Å². The Morgan fingerprint density at radius 2 is 1.97 bits per heavy atom. The van der Waals surface area contributed by atoms with E-state index in [1.165, 1.54) is 11.2 Å². The summed E-state index contributed by atoms with van der Waals surface area (Å²) in [7, 11) is 0. The fourth-order valence-electron chi connectivity index (χ4n) is 4.23. The largest absolute Gasteiger partial charge is 0.480 e. The monoisotopic (exact) mass is 493 g/mol. The Morgan fingerprint density at radius 1 is 1.23 bits per heavy atom. The molecule has 12 nitrogen and oxygen atoms in total. The first-order valence-electron chi connectivity index (χ1n) is 12.2. The third-order valence-electron chi connectivity index (χ3n) is 6.06. The molecule has 0 aliphatic carbocycles. The molecule has 1 aromatic rings. The highest BCUT2D eigenvalue weighted by molar-refractivity contribution is 5.94. The van der Waals surface area contributed by atoms with Crippen LogP contribution in [0.25, 0.3) is 0 Å². The van der Waals surface area contributed by atoms with Crippen LogP contribution < -0.4 is 22.1 Å². The number of rotatable bonds is 14. The molecule has 0 spiro atoms. The molecule has 4 atom stereocenters. The molecule has 0 aromatic carbocycles. The number of carboxylic acid groups (broad SMARTS) is 1. The van der Waals surface area contributed by atoms with Crippen LogP contribution in [0.2, 0.25) is 0 Å². The molecule has 2 heterocycles. The number of H-pyrrole nitrogens is 1. The van der Waals surface area contributed by atoms with Gasteiger partial charge in [0.05, 0.1) is 12.4 Å². The van der Waals surface area contributed by atoms with E-state index in [4.69, 9.17) is 11.5 Å². The molecule has 0 bridgehead atoms. The molecule has 2 rings (SSSR count). The highest BCUT2D eigenvalue weighted by Gasteiger charge is 2.39. The Hall–Kier alpha value is -2.99. The number of amides is 3. The number of aromatic amines is 1. The van der Waals surface area contributed by atoms with Crippen LogP contribution in [0.5, 0.6) is 0 Å². The number of carboxylic acids is 1. The van der Waals surface area contributed by atoms with Crippen molar-refractivity contribution in [2.24, 2.45) is 17.4 Å². The summed E-state index contributed by atoms with van der Waals surface area (Å²) in [5, 5.41) is 14.8. The second kappa shape index (κ2) is 13.8. The zero-order valence-corrected chi connectivity index (χ0v) is 20.5. The summed E-state index contributed by atoms with van der Waals surface area (Å²) in [4.78, 5) is 59.1. The Labute approximate surface area is 205 Å². The number of unbranched alkanes of at least 4 members (excludes halogenated alkanes) is 1. The fraction of sp³-hybridized carbons (Fsp3) is 0.696. The molecular formula is C23H39N7O5. The maximum atomic E-state index is 13.5. The van der Waals surface area contributed by atoms with E-state index in [1.54, 1.807) is 6.20 Å². The minimum Gasteiger partial charge on any atom is -0.480 e. The summed E-state index contributed by atoms with van der Waals surface area (Å²) in [5.74, 6) is -2.30. The molecular weight excluding hydrogens is 454 g/mol. The van der Waals surface area contributed by atoms with E-state index in [0.29, 0.717) is 50.9 Å². The smallest absolute Gasteiger partial charge is 0.326 e. The first kappa shape index (κ1) is 28.2. The van der Waals surface area contributed by atoms with E-state index >= 15 is 0 Å². The summed E-state index contributed by atoms with van der Waals surface area (Å²) in [6.45, 7) is 4.67. The number of nitrogens with zero attached hydrogens (tertiary/aromatic N) is 2. The van der Waals surface area contributed by atoms with Gasteiger partial charge in [0.15, 0.2) is 0 Å². The summed E-state index contributed by atoms with van der Waals surface area (Å²) >= 11 is 0. The van der Waals surface area contributed by atoms with Crippen LogP contribution in [0, 0.1) is 5.92 Å². The van der Waals surface area contributed by atoms with E-state index in [-0.39, 0.29) is 18.8 Å². The number of aromatic nitrogens is 2. The number of imidazole rings is 1. The van der Waals surface area contributed by atoms with Crippen molar-refractivity contribution >= 4 is 23.7 Å². The lowest BCUT2D eigenvalue weighted by atomic mass is 10.0. The number of nitrogens with two attached hydrogens (primary N) is 2. The maximum Gasteiger partial charge on any atom is 0.326 e. The van der Waals surface area contributed by atoms with Crippen molar-refractivity contribution in [1.82, 2.24) is 25.5 Å². The van der Waals surface area contributed by atoms with Gasteiger partial charge >= 0.3 is 5.97 Å². The number of nitrogens with one attached hydrogen (secondary N) is 3. The third-order valence-corrected chi connectivity index (χ3v) is 6.06. The molecule has 35 heavy (non-hydrogen) atoms. The van der Waals surface area contributed by atoms with Gasteiger partial charge in [-0.25, -0.2) is 9.78 Å². The van der Waals surface area contributed by atoms with Crippen molar-refractivity contribution in [2.75, 3.05) is 13.1 Å². The summed E-state index contributed by atoms with van der Waals surface area (Å²) < 4.78 is 0. The average Bonchev–Trinajstić information content (AvgIpc) is 3.49. The number of carbonyl (C=O) groups excluding carboxylic acids is 3. The van der Waals surface area contributed by atoms with Gasteiger partial charge in [-0.05, 0) is 51.0 Å². The lowest BCUT2D eigenvalue weighted by molar-refractivity contribution is -0.145. The standard InChI is InChI=1S/C23H39N7O5/c1-14(2)10-16(25)20(31)29-18(11-15-12-26-13-27-15)22(33)30-9-5-7-19(30)21(32)28-17(23(34)35)6-3-4-8-24/h12-14,16-19H,3-11,24-25H2,1-2H3,(H,26,27)(H,28,32)(H,29,31)(H,34,35). The Kier molecular flexibility index (Phi) is 11.1. The first-order chi connectivity index (χ1) is 16.6. The van der Waals surface area contributed by atoms with E-state index in [9.17, 15) is 24.3 Å². The predicted molar refractivity (Wildman–Crippen MR) is 129 cm³/mol. The van der Waals surface area contributed by atoms with Gasteiger partial charge in [-0.1, -0.05) is 13.8 Å². The van der Waals surface area contributed by atoms with Crippen LogP contribution in [0.1, 0.15) is 58.1 Å². The van der Waals surface area contributed by atoms with Gasteiger partial charge in [0.25, 0.3) is 0 Å². The molecule has 196 valence electrons. The molecule has 12 heteroatoms. The van der Waals surface area contributed by atoms with E-state index < -0.39 is 47.9 Å². The number of hydrogen-bond acceptors (Lipinski definition) is 7. The predicted octanol–water partition coefficient (Wildman–Crippen LogP) is -0.500. The molecule has 1 saturated heterocycles. The van der Waals surface area contributed by atoms with Crippen LogP contribution in [0.3, 0.4) is 0 Å². The summed E-state index contributed by atoms with van der Waals surface area (Å²) in [6.07, 6.45) is 6.13. The van der Waals surface area contributed by atoms with Gasteiger partial charge < -0.3 is 37.1 Å². The zero-order valence-electron chi connectivity index (χ0n) is 20.5. The Morgan fingerprint density at radius 3 is 2.57 bits per heavy atom. The van der Waals surface area contributed by atoms with Crippen molar-refractivity contribution in [3.8, 4) is 0 Å². The molecule has 1 aliphatic heterocycles. The summed E-state index contributed by atoms with van der Waals surface area (Å²) in [6, 6.07) is -3.59. The highest BCUT2D eigenvalue weighted by atomic mass is 16.4. The first-order valence-corrected chi connectivity index (χ1v) is 12.2. The molecule has 4 unspecified atom stereocenters. The molecule has 3 amide bonds. The minimum absolute atomic E-state index is 0.153. The van der Waals surface area contributed by atoms with Gasteiger partial charge in [0.1, 0.15) is 18.1 Å². The number of carbonyl (C=O) groups is 4. The van der Waals surface area contributed by atoms with Crippen molar-refractivity contribution in [1.29, 1.82) is 0 Å². The molecule has 1 aromatic heterocycles. The molecule has 0 radical (unpaired) electrons. The average molecular weight is 494 g/mol. The topological polar surface area (TPSA) is 197 Å². The molecule has 8 N–H and O–H groups in total. The highest BCUT2D eigenvalue weighted by Crippen LogP contribution is 2.20. The van der Waals surface area contributed by atoms with E-state index in [1.807, 2.05) is 13.8 Å². The maximum absolute atomic E-state index is 13.5. The second-order valence-corrected chi connectivity index (χ2v) is 9.45. The summed E-state index contributed by atoms with van der Waals surface area (Å²) in [5.41, 5.74) is 12.1. The Balaban J connectivity index is 2.13. The fourth-order valence-corrected chi connectivity index (χ4v) is 4.23. The van der Waals surface area contributed by atoms with Crippen LogP contribution in [0.15, 0.2) is 12.5 Å². The van der Waals surface area contributed by atoms with Crippen molar-refractivity contribution in [3.63, 3.8) is 0 Å². The Bertz CT molecular complexity index is 845. The molecule has 1 fully saturated rings. The van der Waals surface area contributed by atoms with Gasteiger partial charge in [0, 0.05) is 24.9 Å². The second-order valence-electron chi connectivity index (χ2n) is 9.45. The van der Waals surface area contributed by atoms with E-state index in [2.05, 4.69) is 20.6 Å². The number of hydrogen-bond donors (Lipinski definition) is 6. The lowest BCUT2D eigenvalue weighted by Gasteiger charge is -2.30.